The number of likely N-dealkylation sites (tertiary alicyclic amines) is 1. The van der Waals surface area contributed by atoms with Crippen LogP contribution in [0.4, 0.5) is 10.6 Å². The minimum Gasteiger partial charge on any atom is -0.482 e. The summed E-state index contributed by atoms with van der Waals surface area (Å²) in [5.41, 5.74) is 3.45. The van der Waals surface area contributed by atoms with E-state index in [4.69, 9.17) is 9.47 Å². The van der Waals surface area contributed by atoms with Crippen LogP contribution >= 0.6 is 11.3 Å². The summed E-state index contributed by atoms with van der Waals surface area (Å²) in [5, 5.41) is 16.3. The summed E-state index contributed by atoms with van der Waals surface area (Å²) in [7, 11) is 0. The molecule has 1 aromatic carbocycles. The maximum atomic E-state index is 14.0. The number of nitrogens with one attached hydrogen (secondary N) is 2. The topological polar surface area (TPSA) is 167 Å². The quantitative estimate of drug-likeness (QED) is 0.278. The van der Waals surface area contributed by atoms with Gasteiger partial charge < -0.3 is 39.9 Å². The summed E-state index contributed by atoms with van der Waals surface area (Å²) in [6.07, 6.45) is 0.417. The van der Waals surface area contributed by atoms with E-state index in [-0.39, 0.29) is 38.1 Å². The van der Waals surface area contributed by atoms with Gasteiger partial charge in [0.1, 0.15) is 29.3 Å². The Bertz CT molecular complexity index is 1740. The third-order valence-corrected chi connectivity index (χ3v) is 10.0. The normalized spacial score (nSPS) is 18.4. The van der Waals surface area contributed by atoms with Gasteiger partial charge >= 0.3 is 6.09 Å². The number of carbonyl (C=O) groups excluding carboxylic acids is 4. The standard InChI is InChI=1S/C38H51N7O7S/c1-24-32(53-23-41-24)26-10-8-25(9-11-26)19-40-34(48)29-18-27(46)21-45(29)35(49)33(37(2,3)4)42-31(47)22-51-28-12-13-30(39-20-28)43-14-16-44(17-15-43)36(50)52-38(5,6)7/h8-13,20,23,27,29,33,46H,14-19,21-22H2,1-7H3,(H,40,48)(H,42,47)/t27-,29+,33-/m1/s1. The lowest BCUT2D eigenvalue weighted by Crippen LogP contribution is -2.58. The highest BCUT2D eigenvalue weighted by Crippen LogP contribution is 2.28. The number of nitrogens with zero attached hydrogens (tertiary/aromatic N) is 5. The van der Waals surface area contributed by atoms with Gasteiger partial charge in [0.15, 0.2) is 6.61 Å². The molecule has 3 aromatic rings. The van der Waals surface area contributed by atoms with Crippen LogP contribution in [-0.4, -0.2) is 112 Å². The minimum absolute atomic E-state index is 0.0210. The molecule has 2 fully saturated rings. The van der Waals surface area contributed by atoms with Crippen molar-refractivity contribution in [3.05, 3.63) is 59.4 Å². The molecule has 4 amide bonds. The Morgan fingerprint density at radius 2 is 1.68 bits per heavy atom. The number of aliphatic hydroxyl groups excluding tert-OH is 1. The second-order valence-electron chi connectivity index (χ2n) is 15.5. The van der Waals surface area contributed by atoms with Crippen molar-refractivity contribution in [2.75, 3.05) is 44.2 Å². The molecule has 3 N–H and O–H groups in total. The number of β-amino-alcohol motifs (C(OH)–C–C–N with tert-alkyl or cyclic N) is 1. The Hall–Kier alpha value is -4.76. The number of hydrogen-bond donors (Lipinski definition) is 3. The Morgan fingerprint density at radius 3 is 2.26 bits per heavy atom. The van der Waals surface area contributed by atoms with Crippen LogP contribution in [0, 0.1) is 12.3 Å². The van der Waals surface area contributed by atoms with Gasteiger partial charge in [0, 0.05) is 45.7 Å². The number of aromatic nitrogens is 2. The molecule has 14 nitrogen and oxygen atoms in total. The number of benzene rings is 1. The van der Waals surface area contributed by atoms with Gasteiger partial charge in [0.05, 0.1) is 28.4 Å². The van der Waals surface area contributed by atoms with Gasteiger partial charge in [-0.1, -0.05) is 45.0 Å². The molecule has 5 rings (SSSR count). The number of rotatable bonds is 10. The fourth-order valence-corrected chi connectivity index (χ4v) is 7.03. The van der Waals surface area contributed by atoms with Gasteiger partial charge in [-0.25, -0.2) is 14.8 Å². The van der Waals surface area contributed by atoms with E-state index in [0.29, 0.717) is 31.9 Å². The molecule has 53 heavy (non-hydrogen) atoms. The van der Waals surface area contributed by atoms with Gasteiger partial charge in [-0.05, 0) is 56.4 Å². The van der Waals surface area contributed by atoms with E-state index >= 15 is 0 Å². The number of ether oxygens (including phenoxy) is 2. The van der Waals surface area contributed by atoms with Gasteiger partial charge in [-0.15, -0.1) is 11.3 Å². The summed E-state index contributed by atoms with van der Waals surface area (Å²) < 4.78 is 11.2. The van der Waals surface area contributed by atoms with E-state index in [9.17, 15) is 24.3 Å². The summed E-state index contributed by atoms with van der Waals surface area (Å²) in [6, 6.07) is 9.49. The minimum atomic E-state index is -0.984. The first-order valence-corrected chi connectivity index (χ1v) is 18.7. The maximum Gasteiger partial charge on any atom is 0.410 e. The van der Waals surface area contributed by atoms with Gasteiger partial charge in [-0.3, -0.25) is 14.4 Å². The number of carbonyl (C=O) groups is 4. The molecule has 0 radical (unpaired) electrons. The number of piperazine rings is 1. The van der Waals surface area contributed by atoms with E-state index in [1.807, 2.05) is 78.2 Å². The van der Waals surface area contributed by atoms with Crippen molar-refractivity contribution in [3.8, 4) is 16.2 Å². The monoisotopic (exact) mass is 749 g/mol. The Morgan fingerprint density at radius 1 is 0.981 bits per heavy atom. The zero-order valence-corrected chi connectivity index (χ0v) is 32.4. The fraction of sp³-hybridized carbons (Fsp3) is 0.526. The number of anilines is 1. The summed E-state index contributed by atoms with van der Waals surface area (Å²) in [6.45, 7) is 15.0. The number of hydrogen-bond acceptors (Lipinski definition) is 11. The average Bonchev–Trinajstić information content (AvgIpc) is 3.72. The SMILES string of the molecule is Cc1ncsc1-c1ccc(CNC(=O)[C@@H]2C[C@@H](O)CN2C(=O)[C@@H](NC(=O)COc2ccc(N3CCN(C(=O)OC(C)(C)C)CC3)nc2)C(C)(C)C)cc1. The number of thiazole rings is 1. The molecular weight excluding hydrogens is 699 g/mol. The molecule has 2 aliphatic heterocycles. The van der Waals surface area contributed by atoms with Crippen LogP contribution in [0.15, 0.2) is 48.1 Å². The Kier molecular flexibility index (Phi) is 12.3. The van der Waals surface area contributed by atoms with E-state index in [1.54, 1.807) is 28.4 Å². The smallest absolute Gasteiger partial charge is 0.410 e. The van der Waals surface area contributed by atoms with Crippen LogP contribution in [-0.2, 0) is 25.7 Å². The van der Waals surface area contributed by atoms with Gasteiger partial charge in [0.25, 0.3) is 5.91 Å². The number of pyridine rings is 1. The largest absolute Gasteiger partial charge is 0.482 e. The van der Waals surface area contributed by atoms with Crippen molar-refractivity contribution in [2.45, 2.75) is 85.2 Å². The van der Waals surface area contributed by atoms with Crippen molar-refractivity contribution in [3.63, 3.8) is 0 Å². The third kappa shape index (κ3) is 10.4. The second-order valence-corrected chi connectivity index (χ2v) is 16.4. The predicted octanol–water partition coefficient (Wildman–Crippen LogP) is 3.76. The average molecular weight is 750 g/mol. The molecule has 0 saturated carbocycles. The lowest BCUT2D eigenvalue weighted by Gasteiger charge is -2.36. The molecule has 15 heteroatoms. The Labute approximate surface area is 314 Å². The molecule has 2 aliphatic rings. The van der Waals surface area contributed by atoms with Crippen molar-refractivity contribution in [1.29, 1.82) is 0 Å². The van der Waals surface area contributed by atoms with Crippen LogP contribution in [0.5, 0.6) is 5.75 Å². The first-order chi connectivity index (χ1) is 25.0. The third-order valence-electron chi connectivity index (χ3n) is 9.06. The van der Waals surface area contributed by atoms with E-state index in [1.165, 1.54) is 11.1 Å². The number of aliphatic hydroxyl groups is 1. The molecule has 2 aromatic heterocycles. The van der Waals surface area contributed by atoms with Crippen molar-refractivity contribution in [2.24, 2.45) is 5.41 Å². The molecule has 0 bridgehead atoms. The van der Waals surface area contributed by atoms with Crippen molar-refractivity contribution < 1.29 is 33.8 Å². The van der Waals surface area contributed by atoms with Crippen molar-refractivity contribution in [1.82, 2.24) is 30.4 Å². The lowest BCUT2D eigenvalue weighted by atomic mass is 9.85. The molecule has 0 spiro atoms. The van der Waals surface area contributed by atoms with E-state index in [0.717, 1.165) is 27.5 Å². The van der Waals surface area contributed by atoms with Crippen LogP contribution in [0.3, 0.4) is 0 Å². The van der Waals surface area contributed by atoms with Gasteiger partial charge in [-0.2, -0.15) is 0 Å². The molecule has 0 unspecified atom stereocenters. The number of amides is 4. The zero-order valence-electron chi connectivity index (χ0n) is 31.5. The molecule has 3 atom stereocenters. The molecular formula is C38H51N7O7S. The lowest BCUT2D eigenvalue weighted by molar-refractivity contribution is -0.144. The van der Waals surface area contributed by atoms with E-state index < -0.39 is 41.0 Å². The second kappa shape index (κ2) is 16.5. The summed E-state index contributed by atoms with van der Waals surface area (Å²) >= 11 is 1.57. The van der Waals surface area contributed by atoms with Crippen LogP contribution in [0.1, 0.15) is 59.2 Å². The number of aryl methyl sites for hydroxylation is 1. The maximum absolute atomic E-state index is 14.0. The van der Waals surface area contributed by atoms with E-state index in [2.05, 4.69) is 25.5 Å². The molecule has 4 heterocycles. The van der Waals surface area contributed by atoms with Crippen molar-refractivity contribution >= 4 is 41.0 Å². The molecule has 0 aliphatic carbocycles. The highest BCUT2D eigenvalue weighted by Gasteiger charge is 2.44. The highest BCUT2D eigenvalue weighted by atomic mass is 32.1. The summed E-state index contributed by atoms with van der Waals surface area (Å²) in [4.78, 5) is 67.8. The fourth-order valence-electron chi connectivity index (χ4n) is 6.22. The molecule has 286 valence electrons. The van der Waals surface area contributed by atoms with Gasteiger partial charge in [0.2, 0.25) is 11.8 Å². The summed E-state index contributed by atoms with van der Waals surface area (Å²) in [5.74, 6) is -0.249. The van der Waals surface area contributed by atoms with Crippen LogP contribution < -0.4 is 20.3 Å². The predicted molar refractivity (Wildman–Crippen MR) is 201 cm³/mol. The first-order valence-electron chi connectivity index (χ1n) is 17.9. The van der Waals surface area contributed by atoms with Crippen LogP contribution in [0.25, 0.3) is 10.4 Å². The van der Waals surface area contributed by atoms with Crippen LogP contribution in [0.2, 0.25) is 0 Å². The first kappa shape index (κ1) is 39.4. The highest BCUT2D eigenvalue weighted by molar-refractivity contribution is 7.13. The molecule has 2 saturated heterocycles. The zero-order chi connectivity index (χ0) is 38.5. The Balaban J connectivity index is 1.12.